The summed E-state index contributed by atoms with van der Waals surface area (Å²) in [7, 11) is 0. The number of carbonyl (C=O) groups is 6. The molecule has 6 amide bonds. The SMILES string of the molecule is O=C(/C=C/c1cccnc1)NCCCCC1CCN(C(=O)c2ccc(N3CCC(N4CCN(C(=O)CCCCCCOc5cccc6c5CN(C5CCC(=O)NC5=O)C6=O)CC4)CC3)nc2)CC1. The van der Waals surface area contributed by atoms with E-state index < -0.39 is 11.9 Å². The fourth-order valence-corrected chi connectivity index (χ4v) is 10.3. The minimum atomic E-state index is -0.655. The minimum Gasteiger partial charge on any atom is -0.493 e. The number of benzene rings is 1. The van der Waals surface area contributed by atoms with Crippen LogP contribution >= 0.6 is 0 Å². The van der Waals surface area contributed by atoms with Gasteiger partial charge in [-0.25, -0.2) is 4.98 Å². The number of rotatable bonds is 19. The molecule has 2 N–H and O–H groups in total. The van der Waals surface area contributed by atoms with Gasteiger partial charge in [-0.15, -0.1) is 0 Å². The summed E-state index contributed by atoms with van der Waals surface area (Å²) >= 11 is 0. The van der Waals surface area contributed by atoms with E-state index in [2.05, 4.69) is 25.4 Å². The number of hydrogen-bond acceptors (Lipinski definition) is 11. The van der Waals surface area contributed by atoms with Crippen LogP contribution in [0, 0.1) is 5.92 Å². The molecule has 0 bridgehead atoms. The number of piperazine rings is 1. The molecule has 1 aromatic carbocycles. The van der Waals surface area contributed by atoms with E-state index in [0.717, 1.165) is 140 Å². The Kier molecular flexibility index (Phi) is 16.8. The fraction of sp³-hybridized carbons (Fsp3) is 0.538. The summed E-state index contributed by atoms with van der Waals surface area (Å²) in [4.78, 5) is 94.9. The predicted octanol–water partition coefficient (Wildman–Crippen LogP) is 5.23. The Morgan fingerprint density at radius 1 is 0.794 bits per heavy atom. The zero-order valence-electron chi connectivity index (χ0n) is 39.3. The summed E-state index contributed by atoms with van der Waals surface area (Å²) in [6, 6.07) is 12.9. The van der Waals surface area contributed by atoms with Gasteiger partial charge in [-0.05, 0) is 99.3 Å². The molecule has 8 rings (SSSR count). The number of likely N-dealkylation sites (tertiary alicyclic amines) is 1. The smallest absolute Gasteiger partial charge is 0.255 e. The summed E-state index contributed by atoms with van der Waals surface area (Å²) in [5.41, 5.74) is 2.87. The third kappa shape index (κ3) is 12.7. The number of hydrogen-bond donors (Lipinski definition) is 2. The standard InChI is InChI=1S/C52H67N9O7/c62-47(18-14-39-10-8-24-53-35-39)54-25-5-4-9-38-20-26-60(27-21-38)51(66)40-15-17-46(55-36-40)58-28-22-41(23-29-58)57-30-32-59(33-31-57)49(64)13-3-1-2-6-34-68-45-12-7-11-42-43(45)37-61(52(42)67)44-16-19-48(63)56-50(44)65/h7-8,10-12,14-15,17-18,24,35-36,38,41,44H,1-6,9,13,16,19-23,25-34,37H2,(H,54,62)(H,56,63,65)/b18-14+. The largest absolute Gasteiger partial charge is 0.493 e. The van der Waals surface area contributed by atoms with E-state index in [-0.39, 0.29) is 42.5 Å². The van der Waals surface area contributed by atoms with Crippen molar-refractivity contribution < 1.29 is 33.5 Å². The molecule has 0 saturated carbocycles. The number of carbonyl (C=O) groups excluding carboxylic acids is 6. The van der Waals surface area contributed by atoms with E-state index >= 15 is 0 Å². The Labute approximate surface area is 399 Å². The van der Waals surface area contributed by atoms with E-state index in [0.29, 0.717) is 54.8 Å². The van der Waals surface area contributed by atoms with E-state index in [4.69, 9.17) is 9.72 Å². The zero-order valence-corrected chi connectivity index (χ0v) is 39.3. The molecule has 16 heteroatoms. The van der Waals surface area contributed by atoms with Crippen molar-refractivity contribution in [3.63, 3.8) is 0 Å². The molecule has 0 aliphatic carbocycles. The number of aromatic nitrogens is 2. The van der Waals surface area contributed by atoms with Gasteiger partial charge in [0.2, 0.25) is 23.6 Å². The number of fused-ring (bicyclic) bond motifs is 1. The molecule has 7 heterocycles. The van der Waals surface area contributed by atoms with Gasteiger partial charge in [-0.1, -0.05) is 37.8 Å². The summed E-state index contributed by atoms with van der Waals surface area (Å²) in [6.45, 7) is 8.11. The first-order valence-electron chi connectivity index (χ1n) is 25.0. The Hall–Kier alpha value is -6.16. The highest BCUT2D eigenvalue weighted by molar-refractivity contribution is 6.05. The lowest BCUT2D eigenvalue weighted by molar-refractivity contribution is -0.137. The molecule has 3 aromatic rings. The molecule has 16 nitrogen and oxygen atoms in total. The van der Waals surface area contributed by atoms with Crippen LogP contribution < -0.4 is 20.3 Å². The maximum atomic E-state index is 13.4. The van der Waals surface area contributed by atoms with Crippen molar-refractivity contribution in [2.75, 3.05) is 70.4 Å². The lowest BCUT2D eigenvalue weighted by Gasteiger charge is -2.43. The normalized spacial score (nSPS) is 19.6. The molecule has 1 atom stereocenters. The number of ether oxygens (including phenoxy) is 1. The van der Waals surface area contributed by atoms with Gasteiger partial charge < -0.3 is 29.7 Å². The lowest BCUT2D eigenvalue weighted by Crippen LogP contribution is -2.54. The van der Waals surface area contributed by atoms with Crippen LogP contribution in [0.25, 0.3) is 6.08 Å². The zero-order chi connectivity index (χ0) is 47.2. The minimum absolute atomic E-state index is 0.0548. The number of pyridine rings is 2. The van der Waals surface area contributed by atoms with Crippen molar-refractivity contribution in [3.8, 4) is 5.75 Å². The van der Waals surface area contributed by atoms with Crippen LogP contribution in [0.15, 0.2) is 67.1 Å². The molecule has 68 heavy (non-hydrogen) atoms. The average molecular weight is 930 g/mol. The van der Waals surface area contributed by atoms with Gasteiger partial charge in [0.25, 0.3) is 11.8 Å². The number of nitrogens with zero attached hydrogens (tertiary/aromatic N) is 7. The van der Waals surface area contributed by atoms with Crippen molar-refractivity contribution in [2.24, 2.45) is 5.92 Å². The van der Waals surface area contributed by atoms with Crippen LogP contribution in [0.3, 0.4) is 0 Å². The number of nitrogens with one attached hydrogen (secondary N) is 2. The second kappa shape index (κ2) is 23.7. The van der Waals surface area contributed by atoms with Gasteiger partial charge in [-0.2, -0.15) is 0 Å². The maximum Gasteiger partial charge on any atom is 0.255 e. The third-order valence-corrected chi connectivity index (χ3v) is 14.4. The van der Waals surface area contributed by atoms with Crippen LogP contribution in [-0.2, 0) is 25.7 Å². The van der Waals surface area contributed by atoms with E-state index in [1.165, 1.54) is 4.90 Å². The lowest BCUT2D eigenvalue weighted by atomic mass is 9.91. The van der Waals surface area contributed by atoms with Crippen molar-refractivity contribution in [2.45, 2.75) is 109 Å². The Balaban J connectivity index is 0.652. The van der Waals surface area contributed by atoms with Crippen LogP contribution in [0.4, 0.5) is 5.82 Å². The topological polar surface area (TPSA) is 178 Å². The van der Waals surface area contributed by atoms with Gasteiger partial charge in [0.1, 0.15) is 17.6 Å². The highest BCUT2D eigenvalue weighted by atomic mass is 16.5. The molecular weight excluding hydrogens is 863 g/mol. The van der Waals surface area contributed by atoms with Gasteiger partial charge in [0, 0.05) is 114 Å². The molecular formula is C52H67N9O7. The fourth-order valence-electron chi connectivity index (χ4n) is 10.3. The average Bonchev–Trinajstić information content (AvgIpc) is 3.71. The third-order valence-electron chi connectivity index (χ3n) is 14.4. The number of unbranched alkanes of at least 4 members (excludes halogenated alkanes) is 4. The molecule has 2 aromatic heterocycles. The van der Waals surface area contributed by atoms with Gasteiger partial charge >= 0.3 is 0 Å². The molecule has 4 saturated heterocycles. The molecule has 0 spiro atoms. The first-order valence-corrected chi connectivity index (χ1v) is 25.0. The van der Waals surface area contributed by atoms with Gasteiger partial charge in [0.15, 0.2) is 0 Å². The van der Waals surface area contributed by atoms with E-state index in [1.54, 1.807) is 42.9 Å². The monoisotopic (exact) mass is 930 g/mol. The van der Waals surface area contributed by atoms with Crippen molar-refractivity contribution in [1.82, 2.24) is 40.2 Å². The second-order valence-electron chi connectivity index (χ2n) is 18.9. The van der Waals surface area contributed by atoms with Crippen LogP contribution in [0.2, 0.25) is 0 Å². The Morgan fingerprint density at radius 2 is 1.60 bits per heavy atom. The number of piperidine rings is 3. The Bertz CT molecular complexity index is 2250. The molecule has 1 unspecified atom stereocenters. The summed E-state index contributed by atoms with van der Waals surface area (Å²) in [5.74, 6) is 1.43. The number of anilines is 1. The van der Waals surface area contributed by atoms with Crippen molar-refractivity contribution in [1.29, 1.82) is 0 Å². The number of imide groups is 1. The highest BCUT2D eigenvalue weighted by Gasteiger charge is 2.40. The molecule has 5 aliphatic heterocycles. The quantitative estimate of drug-likeness (QED) is 0.0915. The molecule has 0 radical (unpaired) electrons. The van der Waals surface area contributed by atoms with Gasteiger partial charge in [0.05, 0.1) is 18.7 Å². The first kappa shape index (κ1) is 48.3. The van der Waals surface area contributed by atoms with Crippen molar-refractivity contribution >= 4 is 47.3 Å². The maximum absolute atomic E-state index is 13.4. The predicted molar refractivity (Wildman–Crippen MR) is 257 cm³/mol. The van der Waals surface area contributed by atoms with Gasteiger partial charge in [-0.3, -0.25) is 44.0 Å². The summed E-state index contributed by atoms with van der Waals surface area (Å²) < 4.78 is 6.11. The second-order valence-corrected chi connectivity index (χ2v) is 18.9. The first-order chi connectivity index (χ1) is 33.2. The number of amides is 6. The van der Waals surface area contributed by atoms with Crippen molar-refractivity contribution in [3.05, 3.63) is 89.4 Å². The van der Waals surface area contributed by atoms with E-state index in [1.807, 2.05) is 40.1 Å². The van der Waals surface area contributed by atoms with Crippen LogP contribution in [0.1, 0.15) is 122 Å². The highest BCUT2D eigenvalue weighted by Crippen LogP contribution is 2.34. The van der Waals surface area contributed by atoms with Crippen LogP contribution in [0.5, 0.6) is 5.75 Å². The molecule has 362 valence electrons. The summed E-state index contributed by atoms with van der Waals surface area (Å²) in [6.07, 6.45) is 20.3. The molecule has 5 aliphatic rings. The summed E-state index contributed by atoms with van der Waals surface area (Å²) in [5, 5.41) is 5.31. The molecule has 4 fully saturated rings. The van der Waals surface area contributed by atoms with E-state index in [9.17, 15) is 28.8 Å². The van der Waals surface area contributed by atoms with Crippen LogP contribution in [-0.4, -0.2) is 143 Å². The Morgan fingerprint density at radius 3 is 2.35 bits per heavy atom.